The lowest BCUT2D eigenvalue weighted by Gasteiger charge is -2.33. The molecule has 0 aliphatic rings. The van der Waals surface area contributed by atoms with Crippen molar-refractivity contribution < 1.29 is 22.7 Å². The van der Waals surface area contributed by atoms with Crippen molar-refractivity contribution in [3.8, 4) is 11.5 Å². The molecule has 2 amide bonds. The number of hydrogen-bond donors (Lipinski definition) is 1. The third kappa shape index (κ3) is 8.66. The third-order valence-corrected chi connectivity index (χ3v) is 9.75. The number of nitrogens with one attached hydrogen (secondary N) is 1. The molecule has 47 heavy (non-hydrogen) atoms. The maximum atomic E-state index is 14.5. The highest BCUT2D eigenvalue weighted by Crippen LogP contribution is 2.29. The second-order valence-electron chi connectivity index (χ2n) is 10.7. The molecule has 10 heteroatoms. The topological polar surface area (TPSA) is 96.0 Å². The highest BCUT2D eigenvalue weighted by molar-refractivity contribution is 9.10. The van der Waals surface area contributed by atoms with E-state index in [2.05, 4.69) is 21.2 Å². The van der Waals surface area contributed by atoms with Gasteiger partial charge in [0.2, 0.25) is 11.8 Å². The van der Waals surface area contributed by atoms with E-state index >= 15 is 0 Å². The van der Waals surface area contributed by atoms with E-state index in [1.807, 2.05) is 84.9 Å². The van der Waals surface area contributed by atoms with Crippen LogP contribution in [0.4, 0.5) is 5.69 Å². The van der Waals surface area contributed by atoms with Gasteiger partial charge in [0.25, 0.3) is 10.0 Å². The van der Waals surface area contributed by atoms with Crippen LogP contribution in [-0.2, 0) is 32.6 Å². The molecule has 240 valence electrons. The number of carbonyl (C=O) groups is 2. The van der Waals surface area contributed by atoms with E-state index in [1.54, 1.807) is 42.5 Å². The first-order valence-electron chi connectivity index (χ1n) is 14.9. The van der Waals surface area contributed by atoms with Crippen molar-refractivity contribution in [2.75, 3.05) is 17.9 Å². The van der Waals surface area contributed by atoms with Crippen molar-refractivity contribution >= 4 is 43.5 Å². The molecule has 0 saturated carbocycles. The SMILES string of the molecule is CNC(=O)[C@@H](Cc1ccccc1)N(Cc1cccc(Br)c1)C(=O)CN(c1ccc(Oc2ccccc2)cc1)S(=O)(=O)c1ccccc1. The molecular weight excluding hydrogens is 678 g/mol. The van der Waals surface area contributed by atoms with E-state index < -0.39 is 28.5 Å². The average molecular weight is 713 g/mol. The minimum Gasteiger partial charge on any atom is -0.457 e. The van der Waals surface area contributed by atoms with E-state index in [0.29, 0.717) is 11.5 Å². The number of ether oxygens (including phenoxy) is 1. The molecule has 1 N–H and O–H groups in total. The predicted molar refractivity (Wildman–Crippen MR) is 187 cm³/mol. The zero-order valence-corrected chi connectivity index (χ0v) is 28.1. The van der Waals surface area contributed by atoms with Gasteiger partial charge in [-0.1, -0.05) is 94.8 Å². The molecule has 0 aliphatic heterocycles. The average Bonchev–Trinajstić information content (AvgIpc) is 3.10. The summed E-state index contributed by atoms with van der Waals surface area (Å²) in [6.07, 6.45) is 0.233. The normalized spacial score (nSPS) is 11.7. The van der Waals surface area contributed by atoms with Crippen molar-refractivity contribution in [1.82, 2.24) is 10.2 Å². The summed E-state index contributed by atoms with van der Waals surface area (Å²) >= 11 is 3.49. The Hall–Kier alpha value is -4.93. The molecule has 0 heterocycles. The van der Waals surface area contributed by atoms with Crippen molar-refractivity contribution in [2.24, 2.45) is 0 Å². The third-order valence-electron chi connectivity index (χ3n) is 7.47. The number of amides is 2. The molecule has 5 aromatic rings. The molecule has 0 saturated heterocycles. The Labute approximate surface area is 283 Å². The van der Waals surface area contributed by atoms with Gasteiger partial charge in [-0.3, -0.25) is 13.9 Å². The van der Waals surface area contributed by atoms with Gasteiger partial charge in [-0.2, -0.15) is 0 Å². The van der Waals surface area contributed by atoms with Crippen molar-refractivity contribution in [3.05, 3.63) is 155 Å². The molecule has 0 fully saturated rings. The van der Waals surface area contributed by atoms with Crippen molar-refractivity contribution in [3.63, 3.8) is 0 Å². The van der Waals surface area contributed by atoms with E-state index in [0.717, 1.165) is 19.9 Å². The summed E-state index contributed by atoms with van der Waals surface area (Å²) in [6.45, 7) is -0.474. The number of rotatable bonds is 13. The van der Waals surface area contributed by atoms with Gasteiger partial charge in [0.15, 0.2) is 0 Å². The summed E-state index contributed by atoms with van der Waals surface area (Å²) in [6, 6.07) is 39.6. The van der Waals surface area contributed by atoms with Crippen LogP contribution in [-0.4, -0.2) is 44.8 Å². The Kier molecular flexibility index (Phi) is 11.1. The van der Waals surface area contributed by atoms with Gasteiger partial charge in [-0.25, -0.2) is 8.42 Å². The quantitative estimate of drug-likeness (QED) is 0.145. The summed E-state index contributed by atoms with van der Waals surface area (Å²) in [5.41, 5.74) is 1.90. The van der Waals surface area contributed by atoms with Gasteiger partial charge in [-0.05, 0) is 71.8 Å². The molecule has 0 aromatic heterocycles. The molecule has 5 aromatic carbocycles. The lowest BCUT2D eigenvalue weighted by molar-refractivity contribution is -0.139. The standard InChI is InChI=1S/C37H34BrN3O5S/c1-39-37(43)35(25-28-12-5-2-6-13-28)40(26-29-14-11-15-30(38)24-29)36(42)27-41(47(44,45)34-18-9-4-10-19-34)31-20-22-33(23-21-31)46-32-16-7-3-8-17-32/h2-24,35H,25-27H2,1H3,(H,39,43)/t35-/m1/s1. The summed E-state index contributed by atoms with van der Waals surface area (Å²) in [5.74, 6) is 0.226. The molecule has 8 nitrogen and oxygen atoms in total. The number of sulfonamides is 1. The predicted octanol–water partition coefficient (Wildman–Crippen LogP) is 6.82. The summed E-state index contributed by atoms with van der Waals surface area (Å²) in [4.78, 5) is 29.4. The van der Waals surface area contributed by atoms with Gasteiger partial charge in [0.1, 0.15) is 24.1 Å². The number of anilines is 1. The fourth-order valence-electron chi connectivity index (χ4n) is 5.11. The highest BCUT2D eigenvalue weighted by atomic mass is 79.9. The first kappa shape index (κ1) is 33.4. The lowest BCUT2D eigenvalue weighted by Crippen LogP contribution is -2.53. The maximum absolute atomic E-state index is 14.5. The van der Waals surface area contributed by atoms with Gasteiger partial charge in [0.05, 0.1) is 10.6 Å². The lowest BCUT2D eigenvalue weighted by atomic mass is 10.0. The first-order chi connectivity index (χ1) is 22.7. The number of benzene rings is 5. The molecule has 0 unspecified atom stereocenters. The number of halogens is 1. The van der Waals surface area contributed by atoms with Crippen LogP contribution in [0, 0.1) is 0 Å². The Balaban J connectivity index is 1.53. The molecule has 0 aliphatic carbocycles. The monoisotopic (exact) mass is 711 g/mol. The smallest absolute Gasteiger partial charge is 0.264 e. The van der Waals surface area contributed by atoms with Crippen molar-refractivity contribution in [1.29, 1.82) is 0 Å². The van der Waals surface area contributed by atoms with Crippen LogP contribution >= 0.6 is 15.9 Å². The molecular formula is C37H34BrN3O5S. The number of nitrogens with zero attached hydrogens (tertiary/aromatic N) is 2. The van der Waals surface area contributed by atoms with E-state index in [9.17, 15) is 18.0 Å². The van der Waals surface area contributed by atoms with E-state index in [4.69, 9.17) is 4.74 Å². The second-order valence-corrected chi connectivity index (χ2v) is 13.5. The van der Waals surface area contributed by atoms with Crippen molar-refractivity contribution in [2.45, 2.75) is 23.9 Å². The summed E-state index contributed by atoms with van der Waals surface area (Å²) in [5, 5.41) is 2.70. The minimum absolute atomic E-state index is 0.0306. The number of carbonyl (C=O) groups excluding carboxylic acids is 2. The van der Waals surface area contributed by atoms with Gasteiger partial charge in [-0.15, -0.1) is 0 Å². The molecule has 0 spiro atoms. The fourth-order valence-corrected chi connectivity index (χ4v) is 6.99. The minimum atomic E-state index is -4.21. The zero-order valence-electron chi connectivity index (χ0n) is 25.7. The van der Waals surface area contributed by atoms with Gasteiger partial charge < -0.3 is 15.0 Å². The van der Waals surface area contributed by atoms with E-state index in [-0.39, 0.29) is 29.5 Å². The second kappa shape index (κ2) is 15.6. The largest absolute Gasteiger partial charge is 0.457 e. The highest BCUT2D eigenvalue weighted by Gasteiger charge is 2.34. The zero-order chi connectivity index (χ0) is 33.2. The number of likely N-dealkylation sites (N-methyl/N-ethyl adjacent to an activating group) is 1. The summed E-state index contributed by atoms with van der Waals surface area (Å²) in [7, 11) is -2.69. The number of hydrogen-bond acceptors (Lipinski definition) is 5. The Morgan fingerprint density at radius 3 is 1.94 bits per heavy atom. The molecule has 0 bridgehead atoms. The Morgan fingerprint density at radius 2 is 1.32 bits per heavy atom. The van der Waals surface area contributed by atoms with Crippen LogP contribution < -0.4 is 14.4 Å². The fraction of sp³-hybridized carbons (Fsp3) is 0.135. The molecule has 1 atom stereocenters. The van der Waals surface area contributed by atoms with Crippen LogP contribution in [0.5, 0.6) is 11.5 Å². The Bertz CT molecular complexity index is 1890. The van der Waals surface area contributed by atoms with Crippen LogP contribution in [0.25, 0.3) is 0 Å². The number of para-hydroxylation sites is 1. The first-order valence-corrected chi connectivity index (χ1v) is 17.2. The molecule has 5 rings (SSSR count). The van der Waals surface area contributed by atoms with Crippen LogP contribution in [0.2, 0.25) is 0 Å². The van der Waals surface area contributed by atoms with E-state index in [1.165, 1.54) is 24.1 Å². The Morgan fingerprint density at radius 1 is 0.745 bits per heavy atom. The van der Waals surface area contributed by atoms with Crippen LogP contribution in [0.3, 0.4) is 0 Å². The van der Waals surface area contributed by atoms with Gasteiger partial charge in [0, 0.05) is 24.5 Å². The van der Waals surface area contributed by atoms with Crippen LogP contribution in [0.15, 0.2) is 149 Å². The summed E-state index contributed by atoms with van der Waals surface area (Å²) < 4.78 is 36.1. The molecule has 0 radical (unpaired) electrons. The van der Waals surface area contributed by atoms with Gasteiger partial charge >= 0.3 is 0 Å². The van der Waals surface area contributed by atoms with Crippen LogP contribution in [0.1, 0.15) is 11.1 Å². The maximum Gasteiger partial charge on any atom is 0.264 e.